The summed E-state index contributed by atoms with van der Waals surface area (Å²) in [5, 5.41) is 3.10. The van der Waals surface area contributed by atoms with Crippen LogP contribution in [0, 0.1) is 0 Å². The molecule has 1 aromatic rings. The Balaban J connectivity index is 2.12. The Morgan fingerprint density at radius 2 is 2.07 bits per heavy atom. The number of nitrogen functional groups attached to an aromatic ring is 1. The third-order valence-electron chi connectivity index (χ3n) is 4.66. The zero-order valence-corrected chi connectivity index (χ0v) is 17.1. The van der Waals surface area contributed by atoms with E-state index in [4.69, 9.17) is 16.2 Å². The Kier molecular flexibility index (Phi) is 7.55. The van der Waals surface area contributed by atoms with Crippen molar-refractivity contribution >= 4 is 29.9 Å². The molecular formula is C19H30N5O2S+. The minimum Gasteiger partial charge on any atom is -0.488 e. The number of rotatable bonds is 6. The molecule has 0 radical (unpaired) electrons. The van der Waals surface area contributed by atoms with Crippen molar-refractivity contribution < 1.29 is 14.5 Å². The molecule has 8 heteroatoms. The molecule has 0 aromatic heterocycles. The van der Waals surface area contributed by atoms with Gasteiger partial charge in [-0.1, -0.05) is 0 Å². The van der Waals surface area contributed by atoms with Crippen LogP contribution in [0.15, 0.2) is 28.8 Å². The lowest BCUT2D eigenvalue weighted by Gasteiger charge is -2.29. The number of hydrogen-bond donors (Lipinski definition) is 5. The Morgan fingerprint density at radius 3 is 2.67 bits per heavy atom. The number of thiol groups is 1. The van der Waals surface area contributed by atoms with Gasteiger partial charge in [-0.15, -0.1) is 12.6 Å². The molecule has 1 heterocycles. The third kappa shape index (κ3) is 5.90. The van der Waals surface area contributed by atoms with Gasteiger partial charge in [0.2, 0.25) is 0 Å². The molecule has 1 aromatic carbocycles. The highest BCUT2D eigenvalue weighted by atomic mass is 32.1. The highest BCUT2D eigenvalue weighted by Crippen LogP contribution is 2.21. The summed E-state index contributed by atoms with van der Waals surface area (Å²) in [6.45, 7) is 3.97. The van der Waals surface area contributed by atoms with E-state index in [1.165, 1.54) is 0 Å². The van der Waals surface area contributed by atoms with Crippen LogP contribution >= 0.6 is 12.6 Å². The van der Waals surface area contributed by atoms with E-state index < -0.39 is 0 Å². The lowest BCUT2D eigenvalue weighted by molar-refractivity contribution is -0.418. The van der Waals surface area contributed by atoms with E-state index in [9.17, 15) is 4.79 Å². The van der Waals surface area contributed by atoms with E-state index in [1.807, 2.05) is 0 Å². The summed E-state index contributed by atoms with van der Waals surface area (Å²) in [4.78, 5) is 18.7. The van der Waals surface area contributed by atoms with Crippen molar-refractivity contribution in [2.75, 3.05) is 39.5 Å². The first-order chi connectivity index (χ1) is 12.8. The van der Waals surface area contributed by atoms with Gasteiger partial charge in [0.1, 0.15) is 19.4 Å². The van der Waals surface area contributed by atoms with Gasteiger partial charge in [0.25, 0.3) is 5.71 Å². The SMILES string of the molecule is C[NH+]=C(C(=O)NC1CCN(C)CC1)c1cc(OC/C(S)=C(\C)N)ccc1N. The monoisotopic (exact) mass is 392 g/mol. The zero-order chi connectivity index (χ0) is 20.0. The number of ether oxygens (including phenoxy) is 1. The average Bonchev–Trinajstić information content (AvgIpc) is 2.64. The van der Waals surface area contributed by atoms with E-state index in [1.54, 1.807) is 32.2 Å². The lowest BCUT2D eigenvalue weighted by Crippen LogP contribution is -2.72. The predicted molar refractivity (Wildman–Crippen MR) is 112 cm³/mol. The maximum absolute atomic E-state index is 12.8. The minimum absolute atomic E-state index is 0.163. The molecule has 27 heavy (non-hydrogen) atoms. The molecular weight excluding hydrogens is 362 g/mol. The van der Waals surface area contributed by atoms with E-state index in [0.29, 0.717) is 33.3 Å². The van der Waals surface area contributed by atoms with Gasteiger partial charge in [-0.05, 0) is 58.1 Å². The Bertz CT molecular complexity index is 736. The summed E-state index contributed by atoms with van der Waals surface area (Å²) >= 11 is 4.29. The Labute approximate surface area is 166 Å². The summed E-state index contributed by atoms with van der Waals surface area (Å²) in [7, 11) is 3.80. The summed E-state index contributed by atoms with van der Waals surface area (Å²) in [6, 6.07) is 5.40. The van der Waals surface area contributed by atoms with Crippen LogP contribution in [0.2, 0.25) is 0 Å². The zero-order valence-electron chi connectivity index (χ0n) is 16.2. The van der Waals surface area contributed by atoms with Gasteiger partial charge in [0, 0.05) is 22.3 Å². The molecule has 1 aliphatic rings. The normalized spacial score (nSPS) is 17.4. The number of likely N-dealkylation sites (tertiary alicyclic amines) is 1. The van der Waals surface area contributed by atoms with Crippen molar-refractivity contribution in [1.82, 2.24) is 10.2 Å². The second-order valence-corrected chi connectivity index (χ2v) is 7.38. The van der Waals surface area contributed by atoms with Gasteiger partial charge >= 0.3 is 5.91 Å². The van der Waals surface area contributed by atoms with E-state index in [-0.39, 0.29) is 18.6 Å². The molecule has 6 N–H and O–H groups in total. The van der Waals surface area contributed by atoms with Crippen LogP contribution in [-0.2, 0) is 4.79 Å². The number of nitrogens with zero attached hydrogens (tertiary/aromatic N) is 1. The first-order valence-corrected chi connectivity index (χ1v) is 9.47. The summed E-state index contributed by atoms with van der Waals surface area (Å²) in [5.41, 5.74) is 13.9. The van der Waals surface area contributed by atoms with E-state index in [2.05, 4.69) is 34.9 Å². The van der Waals surface area contributed by atoms with Crippen LogP contribution in [0.5, 0.6) is 5.75 Å². The standard InChI is InChI=1S/C19H29N5O2S/c1-12(20)17(27)11-26-14-4-5-16(21)15(10-14)18(22-2)19(25)23-13-6-8-24(3)9-7-13/h4-5,10,13,27H,6-9,11,20-21H2,1-3H3,(H,23,25)/p+1/b17-12-,22-18?. The molecule has 0 saturated carbocycles. The van der Waals surface area contributed by atoms with E-state index >= 15 is 0 Å². The fourth-order valence-corrected chi connectivity index (χ4v) is 2.95. The molecule has 0 atom stereocenters. The average molecular weight is 393 g/mol. The first-order valence-electron chi connectivity index (χ1n) is 9.02. The van der Waals surface area contributed by atoms with Gasteiger partial charge < -0.3 is 26.4 Å². The number of carbonyl (C=O) groups excluding carboxylic acids is 1. The molecule has 1 amide bonds. The molecule has 0 unspecified atom stereocenters. The second-order valence-electron chi connectivity index (χ2n) is 6.84. The van der Waals surface area contributed by atoms with Gasteiger partial charge in [-0.3, -0.25) is 4.79 Å². The fourth-order valence-electron chi connectivity index (χ4n) is 2.89. The number of benzene rings is 1. The van der Waals surface area contributed by atoms with Gasteiger partial charge in [0.05, 0.1) is 5.56 Å². The molecule has 1 fully saturated rings. The second kappa shape index (κ2) is 9.66. The molecule has 0 aliphatic carbocycles. The van der Waals surface area contributed by atoms with Crippen molar-refractivity contribution in [3.05, 3.63) is 34.4 Å². The minimum atomic E-state index is -0.163. The molecule has 1 aliphatic heterocycles. The predicted octanol–water partition coefficient (Wildman–Crippen LogP) is -0.522. The van der Waals surface area contributed by atoms with Gasteiger partial charge in [-0.25, -0.2) is 4.99 Å². The smallest absolute Gasteiger partial charge is 0.316 e. The number of anilines is 1. The first kappa shape index (κ1) is 21.1. The van der Waals surface area contributed by atoms with E-state index in [0.717, 1.165) is 25.9 Å². The maximum Gasteiger partial charge on any atom is 0.316 e. The number of amides is 1. The quantitative estimate of drug-likeness (QED) is 0.254. The number of nitrogens with two attached hydrogens (primary N) is 2. The molecule has 1 saturated heterocycles. The van der Waals surface area contributed by atoms with Crippen LogP contribution < -0.4 is 26.5 Å². The van der Waals surface area contributed by atoms with Crippen LogP contribution in [0.1, 0.15) is 25.3 Å². The topological polar surface area (TPSA) is 108 Å². The van der Waals surface area contributed by atoms with Crippen molar-refractivity contribution in [1.29, 1.82) is 0 Å². The van der Waals surface area contributed by atoms with Gasteiger partial charge in [-0.2, -0.15) is 0 Å². The molecule has 2 rings (SSSR count). The molecule has 148 valence electrons. The highest BCUT2D eigenvalue weighted by molar-refractivity contribution is 7.84. The fraction of sp³-hybridized carbons (Fsp3) is 0.474. The number of piperidine rings is 1. The summed E-state index contributed by atoms with van der Waals surface area (Å²) < 4.78 is 5.71. The number of hydrogen-bond acceptors (Lipinski definition) is 6. The number of nitrogens with one attached hydrogen (secondary N) is 2. The number of allylic oxidation sites excluding steroid dienone is 1. The molecule has 7 nitrogen and oxygen atoms in total. The summed E-state index contributed by atoms with van der Waals surface area (Å²) in [6.07, 6.45) is 1.88. The lowest BCUT2D eigenvalue weighted by atomic mass is 10.0. The van der Waals surface area contributed by atoms with Crippen LogP contribution in [0.4, 0.5) is 5.69 Å². The van der Waals surface area contributed by atoms with Crippen LogP contribution in [-0.4, -0.2) is 56.4 Å². The van der Waals surface area contributed by atoms with Crippen molar-refractivity contribution in [3.8, 4) is 5.75 Å². The summed E-state index contributed by atoms with van der Waals surface area (Å²) in [5.74, 6) is 0.426. The van der Waals surface area contributed by atoms with Crippen molar-refractivity contribution in [2.24, 2.45) is 5.73 Å². The molecule has 0 bridgehead atoms. The van der Waals surface area contributed by atoms with Gasteiger partial charge in [0.15, 0.2) is 0 Å². The maximum atomic E-state index is 12.8. The van der Waals surface area contributed by atoms with Crippen LogP contribution in [0.3, 0.4) is 0 Å². The number of carbonyl (C=O) groups is 1. The Hall–Kier alpha value is -2.19. The third-order valence-corrected chi connectivity index (χ3v) is 5.14. The molecule has 0 spiro atoms. The highest BCUT2D eigenvalue weighted by Gasteiger charge is 2.26. The largest absolute Gasteiger partial charge is 0.488 e. The Morgan fingerprint density at radius 1 is 1.41 bits per heavy atom. The van der Waals surface area contributed by atoms with Crippen molar-refractivity contribution in [3.63, 3.8) is 0 Å². The van der Waals surface area contributed by atoms with Crippen molar-refractivity contribution in [2.45, 2.75) is 25.8 Å². The van der Waals surface area contributed by atoms with Crippen LogP contribution in [0.25, 0.3) is 0 Å².